The molecule has 13 heavy (non-hydrogen) atoms. The minimum Gasteiger partial charge on any atom is -0.289 e. The van der Waals surface area contributed by atoms with Gasteiger partial charge in [-0.15, -0.1) is 0 Å². The first-order chi connectivity index (χ1) is 6.29. The van der Waals surface area contributed by atoms with E-state index in [1.54, 1.807) is 6.07 Å². The molecule has 0 saturated heterocycles. The lowest BCUT2D eigenvalue weighted by molar-refractivity contribution is -0.103. The summed E-state index contributed by atoms with van der Waals surface area (Å²) < 4.78 is 13.2. The molecule has 1 aromatic rings. The predicted molar refractivity (Wildman–Crippen MR) is 44.1 cm³/mol. The summed E-state index contributed by atoms with van der Waals surface area (Å²) >= 11 is 0. The van der Waals surface area contributed by atoms with Gasteiger partial charge in [0.05, 0.1) is 11.1 Å². The Morgan fingerprint density at radius 1 is 1.38 bits per heavy atom. The number of hydrogen-bond acceptors (Lipinski definition) is 2. The molecule has 0 saturated carbocycles. The van der Waals surface area contributed by atoms with Crippen LogP contribution in [0.3, 0.4) is 0 Å². The summed E-state index contributed by atoms with van der Waals surface area (Å²) in [5.41, 5.74) is -0.0103. The number of hydrogen-bond donors (Lipinski definition) is 0. The summed E-state index contributed by atoms with van der Waals surface area (Å²) in [7, 11) is 0. The molecule has 0 N–H and O–H groups in total. The summed E-state index contributed by atoms with van der Waals surface area (Å²) in [6.07, 6.45) is 0.373. The average Bonchev–Trinajstić information content (AvgIpc) is 2.16. The van der Waals surface area contributed by atoms with Crippen molar-refractivity contribution in [1.82, 2.24) is 0 Å². The van der Waals surface area contributed by atoms with Crippen molar-refractivity contribution in [3.05, 3.63) is 35.1 Å². The maximum atomic E-state index is 13.2. The van der Waals surface area contributed by atoms with Crippen molar-refractivity contribution in [1.29, 1.82) is 5.26 Å². The highest BCUT2D eigenvalue weighted by Gasteiger charge is 2.03. The Hall–Kier alpha value is -2.13. The number of benzene rings is 1. The monoisotopic (exact) mass is 173 g/mol. The highest BCUT2D eigenvalue weighted by atomic mass is 19.1. The van der Waals surface area contributed by atoms with Crippen molar-refractivity contribution in [3.63, 3.8) is 0 Å². The van der Waals surface area contributed by atoms with Crippen molar-refractivity contribution in [2.24, 2.45) is 0 Å². The topological polar surface area (TPSA) is 40.9 Å². The summed E-state index contributed by atoms with van der Waals surface area (Å²) in [6, 6.07) is 5.95. The second-order valence-corrected chi connectivity index (χ2v) is 2.17. The van der Waals surface area contributed by atoms with Gasteiger partial charge in [-0.3, -0.25) is 4.79 Å². The van der Waals surface area contributed by atoms with Gasteiger partial charge in [-0.25, -0.2) is 4.39 Å². The van der Waals surface area contributed by atoms with Gasteiger partial charge in [-0.1, -0.05) is 12.0 Å². The molecule has 2 nitrogen and oxygen atoms in total. The number of nitrogens with zero attached hydrogens (tertiary/aromatic N) is 1. The van der Waals surface area contributed by atoms with E-state index >= 15 is 0 Å². The fourth-order valence-corrected chi connectivity index (χ4v) is 0.822. The van der Waals surface area contributed by atoms with Crippen LogP contribution in [-0.2, 0) is 4.79 Å². The summed E-state index contributed by atoms with van der Waals surface area (Å²) in [5.74, 6) is 3.69. The van der Waals surface area contributed by atoms with Crippen LogP contribution in [0.2, 0.25) is 0 Å². The highest BCUT2D eigenvalue weighted by molar-refractivity contribution is 5.74. The van der Waals surface area contributed by atoms with Gasteiger partial charge in [0.2, 0.25) is 0 Å². The van der Waals surface area contributed by atoms with Crippen LogP contribution in [0.5, 0.6) is 0 Å². The molecule has 0 spiro atoms. The maximum absolute atomic E-state index is 13.2. The molecular formula is C10H4FNO. The van der Waals surface area contributed by atoms with E-state index in [4.69, 9.17) is 5.26 Å². The number of carbonyl (C=O) groups is 1. The third-order valence-corrected chi connectivity index (χ3v) is 1.38. The van der Waals surface area contributed by atoms with Gasteiger partial charge in [-0.05, 0) is 18.1 Å². The normalized spacial score (nSPS) is 8.00. The van der Waals surface area contributed by atoms with E-state index in [2.05, 4.69) is 11.8 Å². The third kappa shape index (κ3) is 1.91. The van der Waals surface area contributed by atoms with Crippen LogP contribution in [0.1, 0.15) is 11.1 Å². The highest BCUT2D eigenvalue weighted by Crippen LogP contribution is 2.10. The van der Waals surface area contributed by atoms with Crippen LogP contribution >= 0.6 is 0 Å². The van der Waals surface area contributed by atoms with Crippen LogP contribution in [0.4, 0.5) is 4.39 Å². The van der Waals surface area contributed by atoms with Gasteiger partial charge in [0.15, 0.2) is 12.1 Å². The lowest BCUT2D eigenvalue weighted by Gasteiger charge is -1.94. The minimum atomic E-state index is -0.681. The molecule has 0 unspecified atom stereocenters. The Kier molecular flexibility index (Phi) is 2.78. The molecule has 1 rings (SSSR count). The molecule has 0 aromatic heterocycles. The van der Waals surface area contributed by atoms with E-state index in [0.29, 0.717) is 6.29 Å². The number of nitriles is 1. The van der Waals surface area contributed by atoms with Crippen LogP contribution < -0.4 is 0 Å². The molecule has 0 heterocycles. The van der Waals surface area contributed by atoms with Crippen LogP contribution in [0.25, 0.3) is 0 Å². The average molecular weight is 173 g/mol. The van der Waals surface area contributed by atoms with E-state index in [1.807, 2.05) is 0 Å². The Balaban J connectivity index is 3.25. The van der Waals surface area contributed by atoms with Gasteiger partial charge in [0.1, 0.15) is 6.07 Å². The van der Waals surface area contributed by atoms with Gasteiger partial charge in [0, 0.05) is 0 Å². The van der Waals surface area contributed by atoms with Crippen molar-refractivity contribution in [2.75, 3.05) is 0 Å². The van der Waals surface area contributed by atoms with E-state index in [1.165, 1.54) is 18.2 Å². The Morgan fingerprint density at radius 3 is 2.69 bits per heavy atom. The largest absolute Gasteiger partial charge is 0.289 e. The smallest absolute Gasteiger partial charge is 0.193 e. The fraction of sp³-hybridized carbons (Fsp3) is 0. The quantitative estimate of drug-likeness (QED) is 0.437. The van der Waals surface area contributed by atoms with Crippen LogP contribution in [0.15, 0.2) is 18.2 Å². The second kappa shape index (κ2) is 4.04. The van der Waals surface area contributed by atoms with Crippen molar-refractivity contribution < 1.29 is 9.18 Å². The van der Waals surface area contributed by atoms with E-state index in [0.717, 1.165) is 0 Å². The lowest BCUT2D eigenvalue weighted by Crippen LogP contribution is -1.88. The van der Waals surface area contributed by atoms with Crippen LogP contribution in [-0.4, -0.2) is 6.29 Å². The van der Waals surface area contributed by atoms with Crippen molar-refractivity contribution >= 4 is 6.29 Å². The Morgan fingerprint density at radius 2 is 2.08 bits per heavy atom. The molecule has 0 amide bonds. The molecule has 0 fully saturated rings. The first-order valence-corrected chi connectivity index (χ1v) is 3.43. The molecule has 0 aliphatic carbocycles. The molecule has 0 aliphatic rings. The first-order valence-electron chi connectivity index (χ1n) is 3.43. The first kappa shape index (κ1) is 8.96. The Bertz CT molecular complexity index is 434. The molecule has 0 bridgehead atoms. The van der Waals surface area contributed by atoms with Crippen LogP contribution in [0, 0.1) is 29.0 Å². The number of carbonyl (C=O) groups excluding carboxylic acids is 1. The van der Waals surface area contributed by atoms with E-state index < -0.39 is 5.82 Å². The standard InChI is InChI=1S/C10H4FNO/c11-10-8(5-2-6-13)3-1-4-9(10)7-12/h1,3-4,6H. The molecule has 3 heteroatoms. The molecular weight excluding hydrogens is 169 g/mol. The van der Waals surface area contributed by atoms with Gasteiger partial charge >= 0.3 is 0 Å². The Labute approximate surface area is 74.6 Å². The minimum absolute atomic E-state index is 0.0613. The van der Waals surface area contributed by atoms with Crippen molar-refractivity contribution in [2.45, 2.75) is 0 Å². The zero-order valence-corrected chi connectivity index (χ0v) is 6.54. The van der Waals surface area contributed by atoms with E-state index in [9.17, 15) is 9.18 Å². The number of aldehydes is 1. The van der Waals surface area contributed by atoms with Gasteiger partial charge in [-0.2, -0.15) is 5.26 Å². The summed E-state index contributed by atoms with van der Waals surface area (Å²) in [4.78, 5) is 9.88. The second-order valence-electron chi connectivity index (χ2n) is 2.17. The molecule has 62 valence electrons. The maximum Gasteiger partial charge on any atom is 0.193 e. The summed E-state index contributed by atoms with van der Waals surface area (Å²) in [6.45, 7) is 0. The molecule has 1 aromatic carbocycles. The van der Waals surface area contributed by atoms with Crippen molar-refractivity contribution in [3.8, 4) is 17.9 Å². The number of rotatable bonds is 0. The third-order valence-electron chi connectivity index (χ3n) is 1.38. The molecule has 0 radical (unpaired) electrons. The van der Waals surface area contributed by atoms with E-state index in [-0.39, 0.29) is 11.1 Å². The molecule has 0 atom stereocenters. The number of halogens is 1. The zero-order valence-electron chi connectivity index (χ0n) is 6.54. The summed E-state index contributed by atoms with van der Waals surface area (Å²) in [5, 5.41) is 8.46. The predicted octanol–water partition coefficient (Wildman–Crippen LogP) is 1.25. The zero-order chi connectivity index (χ0) is 9.68. The SMILES string of the molecule is N#Cc1cccc(C#CC=O)c1F. The fourth-order valence-electron chi connectivity index (χ4n) is 0.822. The van der Waals surface area contributed by atoms with Gasteiger partial charge < -0.3 is 0 Å². The van der Waals surface area contributed by atoms with Gasteiger partial charge in [0.25, 0.3) is 0 Å². The lowest BCUT2D eigenvalue weighted by atomic mass is 10.1. The molecule has 0 aliphatic heterocycles.